The van der Waals surface area contributed by atoms with Gasteiger partial charge in [0.25, 0.3) is 0 Å². The highest BCUT2D eigenvalue weighted by Gasteiger charge is 2.20. The quantitative estimate of drug-likeness (QED) is 0.591. The molecule has 0 aliphatic carbocycles. The van der Waals surface area contributed by atoms with Crippen LogP contribution in [0.4, 0.5) is 0 Å². The Kier molecular flexibility index (Phi) is 3.84. The fraction of sp³-hybridized carbons (Fsp3) is 0.833. The third-order valence-corrected chi connectivity index (χ3v) is 3.83. The zero-order valence-corrected chi connectivity index (χ0v) is 7.48. The lowest BCUT2D eigenvalue weighted by Crippen LogP contribution is -2.03. The van der Waals surface area contributed by atoms with Gasteiger partial charge in [0, 0.05) is 13.3 Å². The Morgan fingerprint density at radius 2 is 2.10 bits per heavy atom. The van der Waals surface area contributed by atoms with E-state index >= 15 is 0 Å². The summed E-state index contributed by atoms with van der Waals surface area (Å²) in [5.41, 5.74) is 0. The van der Waals surface area contributed by atoms with Crippen LogP contribution in [-0.4, -0.2) is 25.2 Å². The molecule has 0 N–H and O–H groups in total. The van der Waals surface area contributed by atoms with Crippen molar-refractivity contribution in [1.82, 2.24) is 0 Å². The van der Waals surface area contributed by atoms with Gasteiger partial charge < -0.3 is 4.52 Å². The highest BCUT2D eigenvalue weighted by Crippen LogP contribution is 2.44. The Bertz CT molecular complexity index is 156. The number of ketones is 1. The van der Waals surface area contributed by atoms with Crippen molar-refractivity contribution in [3.8, 4) is 0 Å². The summed E-state index contributed by atoms with van der Waals surface area (Å²) in [6.45, 7) is 3.18. The highest BCUT2D eigenvalue weighted by atomic mass is 31.2. The van der Waals surface area contributed by atoms with Crippen molar-refractivity contribution in [3.63, 3.8) is 0 Å². The molecular formula is C6H13O3P. The van der Waals surface area contributed by atoms with Crippen LogP contribution in [0.3, 0.4) is 0 Å². The van der Waals surface area contributed by atoms with Gasteiger partial charge >= 0.3 is 0 Å². The van der Waals surface area contributed by atoms with Crippen LogP contribution in [0.2, 0.25) is 0 Å². The van der Waals surface area contributed by atoms with Crippen molar-refractivity contribution in [3.05, 3.63) is 0 Å². The van der Waals surface area contributed by atoms with Gasteiger partial charge in [-0.2, -0.15) is 0 Å². The fourth-order valence-corrected chi connectivity index (χ4v) is 1.93. The van der Waals surface area contributed by atoms with Crippen molar-refractivity contribution >= 4 is 13.2 Å². The first-order valence-corrected chi connectivity index (χ1v) is 5.17. The molecule has 0 rings (SSSR count). The smallest absolute Gasteiger partial charge is 0.209 e. The van der Waals surface area contributed by atoms with Crippen LogP contribution in [0, 0.1) is 0 Å². The SMILES string of the molecule is CCP(=O)(CC(C)=O)OC. The predicted octanol–water partition coefficient (Wildman–Crippen LogP) is 1.52. The van der Waals surface area contributed by atoms with Gasteiger partial charge in [0.05, 0.1) is 6.16 Å². The maximum absolute atomic E-state index is 11.3. The van der Waals surface area contributed by atoms with Gasteiger partial charge in [-0.25, -0.2) is 0 Å². The Morgan fingerprint density at radius 3 is 2.20 bits per heavy atom. The van der Waals surface area contributed by atoms with E-state index in [1.165, 1.54) is 14.0 Å². The summed E-state index contributed by atoms with van der Waals surface area (Å²) in [6, 6.07) is 0. The summed E-state index contributed by atoms with van der Waals surface area (Å²) in [7, 11) is -1.20. The minimum absolute atomic E-state index is 0.0694. The molecule has 0 aromatic heterocycles. The van der Waals surface area contributed by atoms with E-state index in [9.17, 15) is 9.36 Å². The van der Waals surface area contributed by atoms with E-state index in [0.29, 0.717) is 6.16 Å². The lowest BCUT2D eigenvalue weighted by Gasteiger charge is -2.10. The first kappa shape index (κ1) is 9.86. The van der Waals surface area contributed by atoms with E-state index in [0.717, 1.165) is 0 Å². The van der Waals surface area contributed by atoms with Gasteiger partial charge in [-0.1, -0.05) is 6.92 Å². The average Bonchev–Trinajstić information content (AvgIpc) is 1.87. The predicted molar refractivity (Wildman–Crippen MR) is 40.7 cm³/mol. The second-order valence-corrected chi connectivity index (χ2v) is 5.12. The first-order chi connectivity index (χ1) is 4.54. The summed E-state index contributed by atoms with van der Waals surface area (Å²) in [4.78, 5) is 10.5. The standard InChI is InChI=1S/C6H13O3P/c1-4-10(8,9-3)5-6(2)7/h4-5H2,1-3H3. The Hall–Kier alpha value is -0.140. The fourth-order valence-electron chi connectivity index (χ4n) is 0.645. The maximum atomic E-state index is 11.3. The summed E-state index contributed by atoms with van der Waals surface area (Å²) in [5, 5.41) is 0. The number of Topliss-reactive ketones (excluding diaryl/α,β-unsaturated/α-hetero) is 1. The third kappa shape index (κ3) is 3.14. The summed E-state index contributed by atoms with van der Waals surface area (Å²) in [6.07, 6.45) is 0.503. The monoisotopic (exact) mass is 164 g/mol. The van der Waals surface area contributed by atoms with E-state index in [1.807, 2.05) is 0 Å². The maximum Gasteiger partial charge on any atom is 0.209 e. The molecule has 1 atom stereocenters. The highest BCUT2D eigenvalue weighted by molar-refractivity contribution is 7.59. The van der Waals surface area contributed by atoms with Gasteiger partial charge in [-0.15, -0.1) is 0 Å². The molecule has 10 heavy (non-hydrogen) atoms. The molecule has 0 saturated heterocycles. The number of carbonyl (C=O) groups is 1. The number of hydrogen-bond acceptors (Lipinski definition) is 3. The summed E-state index contributed by atoms with van der Waals surface area (Å²) >= 11 is 0. The van der Waals surface area contributed by atoms with E-state index in [2.05, 4.69) is 0 Å². The lowest BCUT2D eigenvalue weighted by atomic mass is 10.5. The van der Waals surface area contributed by atoms with E-state index in [-0.39, 0.29) is 11.9 Å². The largest absolute Gasteiger partial charge is 0.332 e. The molecule has 1 unspecified atom stereocenters. The molecule has 0 aromatic rings. The second-order valence-electron chi connectivity index (χ2n) is 2.17. The molecule has 0 aliphatic rings. The number of hydrogen-bond donors (Lipinski definition) is 0. The topological polar surface area (TPSA) is 43.4 Å². The second kappa shape index (κ2) is 3.89. The van der Waals surface area contributed by atoms with Crippen molar-refractivity contribution in [2.24, 2.45) is 0 Å². The number of carbonyl (C=O) groups excluding carboxylic acids is 1. The molecule has 0 spiro atoms. The minimum Gasteiger partial charge on any atom is -0.332 e. The van der Waals surface area contributed by atoms with Gasteiger partial charge in [-0.05, 0) is 6.92 Å². The molecular weight excluding hydrogens is 151 g/mol. The van der Waals surface area contributed by atoms with Crippen LogP contribution in [0.25, 0.3) is 0 Å². The third-order valence-electron chi connectivity index (χ3n) is 1.28. The Balaban J connectivity index is 4.07. The first-order valence-electron chi connectivity index (χ1n) is 3.17. The molecule has 0 aromatic carbocycles. The van der Waals surface area contributed by atoms with Crippen LogP contribution < -0.4 is 0 Å². The van der Waals surface area contributed by atoms with Crippen molar-refractivity contribution in [2.45, 2.75) is 13.8 Å². The molecule has 0 radical (unpaired) electrons. The molecule has 0 amide bonds. The average molecular weight is 164 g/mol. The molecule has 3 nitrogen and oxygen atoms in total. The van der Waals surface area contributed by atoms with E-state index < -0.39 is 7.37 Å². The van der Waals surface area contributed by atoms with Gasteiger partial charge in [0.15, 0.2) is 0 Å². The Labute approximate surface area is 61.2 Å². The molecule has 4 heteroatoms. The van der Waals surface area contributed by atoms with Crippen LogP contribution >= 0.6 is 7.37 Å². The van der Waals surface area contributed by atoms with Crippen LogP contribution in [-0.2, 0) is 13.9 Å². The van der Waals surface area contributed by atoms with E-state index in [4.69, 9.17) is 4.52 Å². The van der Waals surface area contributed by atoms with Crippen molar-refractivity contribution < 1.29 is 13.9 Å². The van der Waals surface area contributed by atoms with Crippen LogP contribution in [0.1, 0.15) is 13.8 Å². The lowest BCUT2D eigenvalue weighted by molar-refractivity contribution is -0.114. The summed E-state index contributed by atoms with van der Waals surface area (Å²) in [5.74, 6) is -0.0768. The zero-order chi connectivity index (χ0) is 8.20. The van der Waals surface area contributed by atoms with Crippen LogP contribution in [0.15, 0.2) is 0 Å². The minimum atomic E-state index is -2.59. The zero-order valence-electron chi connectivity index (χ0n) is 6.59. The number of rotatable bonds is 4. The van der Waals surface area contributed by atoms with Gasteiger partial charge in [-0.3, -0.25) is 9.36 Å². The molecule has 0 saturated carbocycles. The summed E-state index contributed by atoms with van der Waals surface area (Å²) < 4.78 is 16.1. The molecule has 0 bridgehead atoms. The van der Waals surface area contributed by atoms with E-state index in [1.54, 1.807) is 6.92 Å². The van der Waals surface area contributed by atoms with Crippen LogP contribution in [0.5, 0.6) is 0 Å². The molecule has 0 aliphatic heterocycles. The van der Waals surface area contributed by atoms with Crippen molar-refractivity contribution in [1.29, 1.82) is 0 Å². The van der Waals surface area contributed by atoms with Gasteiger partial charge in [0.2, 0.25) is 7.37 Å². The molecule has 0 heterocycles. The normalized spacial score (nSPS) is 16.3. The molecule has 0 fully saturated rings. The van der Waals surface area contributed by atoms with Gasteiger partial charge in [0.1, 0.15) is 5.78 Å². The Morgan fingerprint density at radius 1 is 1.60 bits per heavy atom. The molecule has 60 valence electrons. The van der Waals surface area contributed by atoms with Crippen molar-refractivity contribution in [2.75, 3.05) is 19.4 Å².